The Morgan fingerprint density at radius 3 is 2.68 bits per heavy atom. The number of aliphatic imine (C=N–C) groups is 1. The number of aryl methyl sites for hydroxylation is 2. The van der Waals surface area contributed by atoms with E-state index in [2.05, 4.69) is 52.1 Å². The average molecular weight is 433 g/mol. The molecule has 2 N–H and O–H groups in total. The minimum Gasteiger partial charge on any atom is -0.356 e. The molecule has 0 aliphatic rings. The number of hydrogen-bond donors (Lipinski definition) is 2. The van der Waals surface area contributed by atoms with Gasteiger partial charge in [0, 0.05) is 31.2 Å². The van der Waals surface area contributed by atoms with Crippen molar-refractivity contribution in [2.45, 2.75) is 26.8 Å². The Morgan fingerprint density at radius 2 is 2.14 bits per heavy atom. The van der Waals surface area contributed by atoms with Crippen LogP contribution in [-0.2, 0) is 20.0 Å². The number of nitrogens with one attached hydrogen (secondary N) is 2. The standard InChI is InChI=1S/C15H23N5S.HI/c1-11-14(12(2)20(4)19-11)7-8-17-15(16-3)18-10-13-6-5-9-21-13;/h5-6,9H,7-8,10H2,1-4H3,(H2,16,17,18);1H. The van der Waals surface area contributed by atoms with E-state index in [0.717, 1.165) is 31.2 Å². The molecule has 0 amide bonds. The van der Waals surface area contributed by atoms with Gasteiger partial charge in [0.25, 0.3) is 0 Å². The zero-order valence-corrected chi connectivity index (χ0v) is 16.7. The van der Waals surface area contributed by atoms with Gasteiger partial charge in [-0.05, 0) is 37.3 Å². The van der Waals surface area contributed by atoms with E-state index in [1.165, 1.54) is 16.1 Å². The van der Waals surface area contributed by atoms with Crippen LogP contribution in [0.5, 0.6) is 0 Å². The van der Waals surface area contributed by atoms with Crippen LogP contribution < -0.4 is 10.6 Å². The summed E-state index contributed by atoms with van der Waals surface area (Å²) in [6.45, 7) is 5.82. The first-order valence-electron chi connectivity index (χ1n) is 7.07. The fourth-order valence-corrected chi connectivity index (χ4v) is 2.93. The molecular weight excluding hydrogens is 409 g/mol. The van der Waals surface area contributed by atoms with Crippen LogP contribution in [0.2, 0.25) is 0 Å². The lowest BCUT2D eigenvalue weighted by atomic mass is 10.1. The molecule has 7 heteroatoms. The normalized spacial score (nSPS) is 11.2. The first-order valence-corrected chi connectivity index (χ1v) is 7.95. The van der Waals surface area contributed by atoms with Gasteiger partial charge in [-0.15, -0.1) is 35.3 Å². The highest BCUT2D eigenvalue weighted by molar-refractivity contribution is 14.0. The summed E-state index contributed by atoms with van der Waals surface area (Å²) in [6.07, 6.45) is 0.950. The van der Waals surface area contributed by atoms with Gasteiger partial charge in [-0.2, -0.15) is 5.10 Å². The van der Waals surface area contributed by atoms with Gasteiger partial charge in [-0.1, -0.05) is 6.07 Å². The number of aromatic nitrogens is 2. The van der Waals surface area contributed by atoms with Crippen molar-refractivity contribution in [2.24, 2.45) is 12.0 Å². The number of thiophene rings is 1. The smallest absolute Gasteiger partial charge is 0.191 e. The molecule has 0 bridgehead atoms. The Morgan fingerprint density at radius 1 is 1.36 bits per heavy atom. The van der Waals surface area contributed by atoms with E-state index in [0.29, 0.717) is 0 Å². The van der Waals surface area contributed by atoms with E-state index in [1.807, 2.05) is 11.7 Å². The van der Waals surface area contributed by atoms with Crippen molar-refractivity contribution in [3.63, 3.8) is 0 Å². The van der Waals surface area contributed by atoms with Crippen LogP contribution >= 0.6 is 35.3 Å². The lowest BCUT2D eigenvalue weighted by molar-refractivity contribution is 0.729. The molecule has 0 aliphatic heterocycles. The summed E-state index contributed by atoms with van der Waals surface area (Å²) in [5.41, 5.74) is 3.66. The van der Waals surface area contributed by atoms with Crippen molar-refractivity contribution < 1.29 is 0 Å². The number of nitrogens with zero attached hydrogens (tertiary/aromatic N) is 3. The lowest BCUT2D eigenvalue weighted by Crippen LogP contribution is -2.37. The Labute approximate surface area is 153 Å². The highest BCUT2D eigenvalue weighted by Gasteiger charge is 2.09. The molecule has 2 aromatic rings. The van der Waals surface area contributed by atoms with Crippen LogP contribution in [0.3, 0.4) is 0 Å². The molecular formula is C15H24IN5S. The average Bonchev–Trinajstić information content (AvgIpc) is 3.06. The van der Waals surface area contributed by atoms with Gasteiger partial charge in [-0.3, -0.25) is 9.67 Å². The summed E-state index contributed by atoms with van der Waals surface area (Å²) in [6, 6.07) is 4.18. The maximum Gasteiger partial charge on any atom is 0.191 e. The lowest BCUT2D eigenvalue weighted by Gasteiger charge is -2.11. The second kappa shape index (κ2) is 9.14. The highest BCUT2D eigenvalue weighted by Crippen LogP contribution is 2.11. The minimum absolute atomic E-state index is 0. The Hall–Kier alpha value is -1.09. The number of rotatable bonds is 5. The third-order valence-electron chi connectivity index (χ3n) is 3.56. The molecule has 0 unspecified atom stereocenters. The summed E-state index contributed by atoms with van der Waals surface area (Å²) < 4.78 is 1.94. The van der Waals surface area contributed by atoms with Gasteiger partial charge in [-0.25, -0.2) is 0 Å². The van der Waals surface area contributed by atoms with Crippen LogP contribution in [0.4, 0.5) is 0 Å². The molecule has 0 fully saturated rings. The zero-order valence-electron chi connectivity index (χ0n) is 13.5. The van der Waals surface area contributed by atoms with Crippen molar-refractivity contribution >= 4 is 41.3 Å². The zero-order chi connectivity index (χ0) is 15.2. The Bertz CT molecular complexity index is 604. The van der Waals surface area contributed by atoms with Gasteiger partial charge in [0.05, 0.1) is 12.2 Å². The van der Waals surface area contributed by atoms with E-state index < -0.39 is 0 Å². The largest absolute Gasteiger partial charge is 0.356 e. The fourth-order valence-electron chi connectivity index (χ4n) is 2.29. The predicted octanol–water partition coefficient (Wildman–Crippen LogP) is 2.62. The first kappa shape index (κ1) is 19.0. The van der Waals surface area contributed by atoms with Gasteiger partial charge in [0.2, 0.25) is 0 Å². The van der Waals surface area contributed by atoms with Crippen LogP contribution in [-0.4, -0.2) is 29.3 Å². The molecule has 2 heterocycles. The van der Waals surface area contributed by atoms with Crippen molar-refractivity contribution in [3.05, 3.63) is 39.3 Å². The molecule has 2 aromatic heterocycles. The highest BCUT2D eigenvalue weighted by atomic mass is 127. The number of hydrogen-bond acceptors (Lipinski definition) is 3. The maximum atomic E-state index is 4.44. The van der Waals surface area contributed by atoms with Crippen molar-refractivity contribution in [1.29, 1.82) is 0 Å². The van der Waals surface area contributed by atoms with E-state index in [4.69, 9.17) is 0 Å². The molecule has 0 radical (unpaired) electrons. The molecule has 0 atom stereocenters. The van der Waals surface area contributed by atoms with Gasteiger partial charge < -0.3 is 10.6 Å². The van der Waals surface area contributed by atoms with Gasteiger partial charge >= 0.3 is 0 Å². The minimum atomic E-state index is 0. The first-order chi connectivity index (χ1) is 10.1. The summed E-state index contributed by atoms with van der Waals surface area (Å²) in [7, 11) is 3.78. The van der Waals surface area contributed by atoms with Crippen molar-refractivity contribution in [2.75, 3.05) is 13.6 Å². The third-order valence-corrected chi connectivity index (χ3v) is 4.44. The third kappa shape index (κ3) is 4.98. The molecule has 0 saturated carbocycles. The SMILES string of the molecule is CN=C(NCCc1c(C)nn(C)c1C)NCc1cccs1.I. The molecule has 0 aliphatic carbocycles. The molecule has 122 valence electrons. The fraction of sp³-hybridized carbons (Fsp3) is 0.467. The molecule has 5 nitrogen and oxygen atoms in total. The summed E-state index contributed by atoms with van der Waals surface area (Å²) in [4.78, 5) is 5.55. The number of guanidine groups is 1. The van der Waals surface area contributed by atoms with Crippen molar-refractivity contribution in [1.82, 2.24) is 20.4 Å². The van der Waals surface area contributed by atoms with Crippen LogP contribution in [0.1, 0.15) is 21.8 Å². The van der Waals surface area contributed by atoms with E-state index in [-0.39, 0.29) is 24.0 Å². The summed E-state index contributed by atoms with van der Waals surface area (Å²) in [5.74, 6) is 0.836. The van der Waals surface area contributed by atoms with Crippen LogP contribution in [0.15, 0.2) is 22.5 Å². The monoisotopic (exact) mass is 433 g/mol. The quantitative estimate of drug-likeness (QED) is 0.433. The topological polar surface area (TPSA) is 54.2 Å². The Balaban J connectivity index is 0.00000242. The van der Waals surface area contributed by atoms with E-state index in [1.54, 1.807) is 18.4 Å². The van der Waals surface area contributed by atoms with Crippen LogP contribution in [0, 0.1) is 13.8 Å². The maximum absolute atomic E-state index is 4.44. The summed E-state index contributed by atoms with van der Waals surface area (Å²) in [5, 5.41) is 13.2. The van der Waals surface area contributed by atoms with Gasteiger partial charge in [0.1, 0.15) is 0 Å². The number of halogens is 1. The molecule has 0 aromatic carbocycles. The second-order valence-corrected chi connectivity index (χ2v) is 5.99. The molecule has 0 spiro atoms. The molecule has 2 rings (SSSR count). The van der Waals surface area contributed by atoms with Crippen LogP contribution in [0.25, 0.3) is 0 Å². The molecule has 22 heavy (non-hydrogen) atoms. The summed E-state index contributed by atoms with van der Waals surface area (Å²) >= 11 is 1.75. The van der Waals surface area contributed by atoms with E-state index >= 15 is 0 Å². The Kier molecular flexibility index (Phi) is 7.88. The molecule has 0 saturated heterocycles. The van der Waals surface area contributed by atoms with Gasteiger partial charge in [0.15, 0.2) is 5.96 Å². The van der Waals surface area contributed by atoms with Crippen molar-refractivity contribution in [3.8, 4) is 0 Å². The second-order valence-electron chi connectivity index (χ2n) is 4.95. The van der Waals surface area contributed by atoms with E-state index in [9.17, 15) is 0 Å². The predicted molar refractivity (Wildman–Crippen MR) is 104 cm³/mol.